The minimum atomic E-state index is -0.444. The molecule has 1 aliphatic rings. The predicted molar refractivity (Wildman–Crippen MR) is 74.4 cm³/mol. The number of hydrogen-bond acceptors (Lipinski definition) is 3. The molecule has 0 aliphatic heterocycles. The summed E-state index contributed by atoms with van der Waals surface area (Å²) in [7, 11) is 0. The van der Waals surface area contributed by atoms with E-state index in [9.17, 15) is 4.79 Å². The van der Waals surface area contributed by atoms with E-state index in [1.165, 1.54) is 0 Å². The second-order valence-electron chi connectivity index (χ2n) is 6.14. The Balaban J connectivity index is 1.97. The molecule has 0 bridgehead atoms. The topological polar surface area (TPSA) is 35.5 Å². The number of hydrogen-bond donors (Lipinski definition) is 0. The molecule has 1 atom stereocenters. The van der Waals surface area contributed by atoms with E-state index >= 15 is 0 Å². The average Bonchev–Trinajstić information content (AvgIpc) is 3.11. The summed E-state index contributed by atoms with van der Waals surface area (Å²) in [6, 6.07) is 7.72. The van der Waals surface area contributed by atoms with Gasteiger partial charge in [0.25, 0.3) is 0 Å². The zero-order chi connectivity index (χ0) is 14.0. The van der Waals surface area contributed by atoms with Crippen LogP contribution in [0.1, 0.15) is 52.0 Å². The van der Waals surface area contributed by atoms with Crippen LogP contribution < -0.4 is 4.74 Å². The summed E-state index contributed by atoms with van der Waals surface area (Å²) in [5, 5.41) is 0. The monoisotopic (exact) mass is 262 g/mol. The smallest absolute Gasteiger partial charge is 0.313 e. The van der Waals surface area contributed by atoms with E-state index in [1.54, 1.807) is 0 Å². The fourth-order valence-corrected chi connectivity index (χ4v) is 1.74. The molecule has 1 saturated carbocycles. The fourth-order valence-electron chi connectivity index (χ4n) is 1.74. The van der Waals surface area contributed by atoms with Crippen LogP contribution in [-0.2, 0) is 9.53 Å². The van der Waals surface area contributed by atoms with Crippen LogP contribution in [0.5, 0.6) is 5.75 Å². The first-order chi connectivity index (χ1) is 8.85. The fraction of sp³-hybridized carbons (Fsp3) is 0.562. The van der Waals surface area contributed by atoms with Crippen molar-refractivity contribution in [2.24, 2.45) is 0 Å². The highest BCUT2D eigenvalue weighted by molar-refractivity contribution is 5.78. The minimum absolute atomic E-state index is 0.191. The van der Waals surface area contributed by atoms with Crippen molar-refractivity contribution in [2.75, 3.05) is 0 Å². The first kappa shape index (κ1) is 13.9. The maximum absolute atomic E-state index is 12.0. The lowest BCUT2D eigenvalue weighted by Gasteiger charge is -2.22. The number of rotatable bonds is 4. The highest BCUT2D eigenvalue weighted by Crippen LogP contribution is 2.28. The third kappa shape index (κ3) is 4.27. The van der Waals surface area contributed by atoms with Crippen LogP contribution in [0.25, 0.3) is 0 Å². The molecule has 3 nitrogen and oxygen atoms in total. The van der Waals surface area contributed by atoms with Gasteiger partial charge in [0.1, 0.15) is 11.4 Å². The number of carbonyl (C=O) groups is 1. The highest BCUT2D eigenvalue weighted by atomic mass is 16.6. The molecular weight excluding hydrogens is 240 g/mol. The molecule has 3 heteroatoms. The molecule has 1 aromatic carbocycles. The van der Waals surface area contributed by atoms with Gasteiger partial charge < -0.3 is 9.47 Å². The summed E-state index contributed by atoms with van der Waals surface area (Å²) >= 11 is 0. The van der Waals surface area contributed by atoms with E-state index < -0.39 is 5.60 Å². The van der Waals surface area contributed by atoms with Crippen LogP contribution >= 0.6 is 0 Å². The molecular formula is C16H22O3. The van der Waals surface area contributed by atoms with E-state index in [-0.39, 0.29) is 11.9 Å². The van der Waals surface area contributed by atoms with Gasteiger partial charge in [0.15, 0.2) is 0 Å². The van der Waals surface area contributed by atoms with Crippen molar-refractivity contribution in [1.29, 1.82) is 0 Å². The quantitative estimate of drug-likeness (QED) is 0.777. The number of carbonyl (C=O) groups excluding carboxylic acids is 1. The van der Waals surface area contributed by atoms with Crippen molar-refractivity contribution >= 4 is 5.97 Å². The van der Waals surface area contributed by atoms with Gasteiger partial charge in [0.05, 0.1) is 12.0 Å². The molecule has 0 radical (unpaired) electrons. The summed E-state index contributed by atoms with van der Waals surface area (Å²) in [5.41, 5.74) is 0.512. The molecule has 0 heterocycles. The van der Waals surface area contributed by atoms with Crippen LogP contribution in [0, 0.1) is 0 Å². The molecule has 1 aliphatic carbocycles. The molecule has 104 valence electrons. The van der Waals surface area contributed by atoms with Gasteiger partial charge >= 0.3 is 5.97 Å². The van der Waals surface area contributed by atoms with Gasteiger partial charge in [-0.05, 0) is 58.2 Å². The Morgan fingerprint density at radius 3 is 2.26 bits per heavy atom. The summed E-state index contributed by atoms with van der Waals surface area (Å²) in [6.07, 6.45) is 2.70. The molecule has 1 unspecified atom stereocenters. The van der Waals surface area contributed by atoms with E-state index in [4.69, 9.17) is 9.47 Å². The van der Waals surface area contributed by atoms with Crippen molar-refractivity contribution in [3.63, 3.8) is 0 Å². The minimum Gasteiger partial charge on any atom is -0.490 e. The first-order valence-electron chi connectivity index (χ1n) is 6.84. The lowest BCUT2D eigenvalue weighted by Crippen LogP contribution is -2.26. The Kier molecular flexibility index (Phi) is 3.83. The molecule has 2 rings (SSSR count). The van der Waals surface area contributed by atoms with Gasteiger partial charge in [-0.1, -0.05) is 12.1 Å². The number of esters is 1. The largest absolute Gasteiger partial charge is 0.490 e. The summed E-state index contributed by atoms with van der Waals surface area (Å²) in [6.45, 7) is 7.50. The van der Waals surface area contributed by atoms with E-state index in [0.717, 1.165) is 24.2 Å². The van der Waals surface area contributed by atoms with Crippen molar-refractivity contribution in [3.05, 3.63) is 29.8 Å². The van der Waals surface area contributed by atoms with Crippen LogP contribution in [0.15, 0.2) is 24.3 Å². The van der Waals surface area contributed by atoms with Gasteiger partial charge in [-0.25, -0.2) is 0 Å². The average molecular weight is 262 g/mol. The second-order valence-corrected chi connectivity index (χ2v) is 6.14. The predicted octanol–water partition coefficient (Wildman–Crippen LogP) is 3.67. The highest BCUT2D eigenvalue weighted by Gasteiger charge is 2.25. The maximum atomic E-state index is 12.0. The van der Waals surface area contributed by atoms with Crippen LogP contribution in [0.4, 0.5) is 0 Å². The van der Waals surface area contributed by atoms with Gasteiger partial charge in [-0.15, -0.1) is 0 Å². The van der Waals surface area contributed by atoms with Crippen molar-refractivity contribution < 1.29 is 14.3 Å². The molecule has 0 amide bonds. The summed E-state index contributed by atoms with van der Waals surface area (Å²) < 4.78 is 11.1. The molecule has 1 aromatic rings. The summed E-state index contributed by atoms with van der Waals surface area (Å²) in [4.78, 5) is 12.0. The third-order valence-corrected chi connectivity index (χ3v) is 2.97. The lowest BCUT2D eigenvalue weighted by atomic mass is 10.0. The lowest BCUT2D eigenvalue weighted by molar-refractivity contribution is -0.156. The van der Waals surface area contributed by atoms with Crippen molar-refractivity contribution in [1.82, 2.24) is 0 Å². The van der Waals surface area contributed by atoms with Gasteiger partial charge in [-0.3, -0.25) is 4.79 Å². The van der Waals surface area contributed by atoms with Crippen LogP contribution in [0.2, 0.25) is 0 Å². The third-order valence-electron chi connectivity index (χ3n) is 2.97. The van der Waals surface area contributed by atoms with E-state index in [2.05, 4.69) is 0 Å². The van der Waals surface area contributed by atoms with Gasteiger partial charge in [0, 0.05) is 0 Å². The Morgan fingerprint density at radius 1 is 1.21 bits per heavy atom. The van der Waals surface area contributed by atoms with Gasteiger partial charge in [-0.2, -0.15) is 0 Å². The molecule has 19 heavy (non-hydrogen) atoms. The molecule has 0 N–H and O–H groups in total. The van der Waals surface area contributed by atoms with Crippen molar-refractivity contribution in [3.8, 4) is 5.75 Å². The second kappa shape index (κ2) is 5.24. The Hall–Kier alpha value is -1.51. The van der Waals surface area contributed by atoms with Crippen LogP contribution in [0.3, 0.4) is 0 Å². The Bertz CT molecular complexity index is 438. The zero-order valence-corrected chi connectivity index (χ0v) is 12.1. The van der Waals surface area contributed by atoms with E-state index in [0.29, 0.717) is 6.10 Å². The van der Waals surface area contributed by atoms with Crippen molar-refractivity contribution in [2.45, 2.75) is 58.2 Å². The molecule has 1 fully saturated rings. The van der Waals surface area contributed by atoms with E-state index in [1.807, 2.05) is 52.0 Å². The Labute approximate surface area is 114 Å². The zero-order valence-electron chi connectivity index (χ0n) is 12.1. The normalized spacial score (nSPS) is 16.8. The van der Waals surface area contributed by atoms with Gasteiger partial charge in [0.2, 0.25) is 0 Å². The number of ether oxygens (including phenoxy) is 2. The SMILES string of the molecule is CC(C(=O)OC(C)(C)C)c1ccc(OC2CC2)cc1. The molecule has 0 saturated heterocycles. The first-order valence-corrected chi connectivity index (χ1v) is 6.84. The number of benzene rings is 1. The Morgan fingerprint density at radius 2 is 1.79 bits per heavy atom. The summed E-state index contributed by atoms with van der Waals surface area (Å²) in [5.74, 6) is 0.431. The molecule has 0 aromatic heterocycles. The molecule has 0 spiro atoms. The maximum Gasteiger partial charge on any atom is 0.313 e. The standard InChI is InChI=1S/C16H22O3/c1-11(15(17)19-16(2,3)4)12-5-7-13(8-6-12)18-14-9-10-14/h5-8,11,14H,9-10H2,1-4H3. The van der Waals surface area contributed by atoms with Crippen LogP contribution in [-0.4, -0.2) is 17.7 Å².